The summed E-state index contributed by atoms with van der Waals surface area (Å²) in [4.78, 5) is 7.61. The van der Waals surface area contributed by atoms with Crippen LogP contribution in [0.25, 0.3) is 11.0 Å². The lowest BCUT2D eigenvalue weighted by atomic mass is 9.88. The Labute approximate surface area is 105 Å². The molecule has 0 amide bonds. The van der Waals surface area contributed by atoms with Crippen LogP contribution in [0.2, 0.25) is 0 Å². The molecular formula is C15H26N2. The van der Waals surface area contributed by atoms with E-state index in [4.69, 9.17) is 0 Å². The SMILES string of the molecule is CC.CC.CC(C)(C)c1c[nH]c2cccnc12. The number of pyridine rings is 1. The minimum atomic E-state index is 0.159. The van der Waals surface area contributed by atoms with Crippen LogP contribution in [0.4, 0.5) is 0 Å². The van der Waals surface area contributed by atoms with E-state index in [1.807, 2.05) is 40.0 Å². The van der Waals surface area contributed by atoms with E-state index in [1.165, 1.54) is 5.56 Å². The molecule has 0 atom stereocenters. The van der Waals surface area contributed by atoms with Gasteiger partial charge in [0.05, 0.1) is 11.0 Å². The number of aromatic amines is 1. The molecule has 2 heteroatoms. The predicted molar refractivity (Wildman–Crippen MR) is 77.5 cm³/mol. The molecule has 0 fully saturated rings. The van der Waals surface area contributed by atoms with Gasteiger partial charge in [0, 0.05) is 18.0 Å². The third-order valence-electron chi connectivity index (χ3n) is 2.24. The van der Waals surface area contributed by atoms with Crippen LogP contribution in [-0.4, -0.2) is 9.97 Å². The van der Waals surface area contributed by atoms with Crippen molar-refractivity contribution in [1.29, 1.82) is 0 Å². The van der Waals surface area contributed by atoms with Gasteiger partial charge in [-0.2, -0.15) is 0 Å². The summed E-state index contributed by atoms with van der Waals surface area (Å²) in [5, 5.41) is 0. The molecule has 0 aromatic carbocycles. The lowest BCUT2D eigenvalue weighted by Gasteiger charge is -2.16. The van der Waals surface area contributed by atoms with E-state index in [0.717, 1.165) is 11.0 Å². The summed E-state index contributed by atoms with van der Waals surface area (Å²) in [6.07, 6.45) is 3.89. The van der Waals surface area contributed by atoms with Crippen LogP contribution in [0.3, 0.4) is 0 Å². The first kappa shape index (κ1) is 15.7. The second-order valence-corrected chi connectivity index (χ2v) is 4.35. The van der Waals surface area contributed by atoms with Gasteiger partial charge >= 0.3 is 0 Å². The Morgan fingerprint density at radius 2 is 1.65 bits per heavy atom. The van der Waals surface area contributed by atoms with Crippen LogP contribution in [0, 0.1) is 0 Å². The van der Waals surface area contributed by atoms with Gasteiger partial charge in [0.1, 0.15) is 0 Å². The maximum Gasteiger partial charge on any atom is 0.0916 e. The predicted octanol–water partition coefficient (Wildman–Crippen LogP) is 4.91. The number of nitrogens with zero attached hydrogens (tertiary/aromatic N) is 1. The van der Waals surface area contributed by atoms with Gasteiger partial charge < -0.3 is 4.98 Å². The Morgan fingerprint density at radius 3 is 2.18 bits per heavy atom. The second kappa shape index (κ2) is 7.10. The van der Waals surface area contributed by atoms with Gasteiger partial charge in [0.25, 0.3) is 0 Å². The molecule has 0 aliphatic heterocycles. The second-order valence-electron chi connectivity index (χ2n) is 4.35. The molecule has 2 nitrogen and oxygen atoms in total. The van der Waals surface area contributed by atoms with E-state index in [1.54, 1.807) is 0 Å². The zero-order valence-electron chi connectivity index (χ0n) is 12.3. The fraction of sp³-hybridized carbons (Fsp3) is 0.533. The monoisotopic (exact) mass is 234 g/mol. The molecule has 2 heterocycles. The number of H-pyrrole nitrogens is 1. The number of rotatable bonds is 0. The number of fused-ring (bicyclic) bond motifs is 1. The number of hydrogen-bond acceptors (Lipinski definition) is 1. The first-order valence-corrected chi connectivity index (χ1v) is 6.51. The van der Waals surface area contributed by atoms with Gasteiger partial charge in [-0.1, -0.05) is 48.5 Å². The van der Waals surface area contributed by atoms with Gasteiger partial charge in [-0.15, -0.1) is 0 Å². The van der Waals surface area contributed by atoms with Crippen LogP contribution < -0.4 is 0 Å². The van der Waals surface area contributed by atoms with E-state index in [0.29, 0.717) is 0 Å². The zero-order valence-corrected chi connectivity index (χ0v) is 12.3. The minimum Gasteiger partial charge on any atom is -0.360 e. The Balaban J connectivity index is 0.000000581. The molecule has 0 unspecified atom stereocenters. The number of aromatic nitrogens is 2. The van der Waals surface area contributed by atoms with E-state index in [9.17, 15) is 0 Å². The molecule has 0 saturated carbocycles. The van der Waals surface area contributed by atoms with Crippen molar-refractivity contribution >= 4 is 11.0 Å². The molecule has 2 aromatic rings. The molecule has 0 aliphatic rings. The summed E-state index contributed by atoms with van der Waals surface area (Å²) >= 11 is 0. The van der Waals surface area contributed by atoms with E-state index < -0.39 is 0 Å². The van der Waals surface area contributed by atoms with Gasteiger partial charge in [-0.05, 0) is 17.5 Å². The summed E-state index contributed by atoms with van der Waals surface area (Å²) in [5.74, 6) is 0. The van der Waals surface area contributed by atoms with Crippen molar-refractivity contribution in [3.05, 3.63) is 30.1 Å². The van der Waals surface area contributed by atoms with Gasteiger partial charge in [0.15, 0.2) is 0 Å². The van der Waals surface area contributed by atoms with Crippen molar-refractivity contribution < 1.29 is 0 Å². The molecular weight excluding hydrogens is 208 g/mol. The Kier molecular flexibility index (Phi) is 6.55. The number of nitrogens with one attached hydrogen (secondary N) is 1. The maximum absolute atomic E-state index is 4.38. The lowest BCUT2D eigenvalue weighted by Crippen LogP contribution is -2.10. The highest BCUT2D eigenvalue weighted by Crippen LogP contribution is 2.27. The lowest BCUT2D eigenvalue weighted by molar-refractivity contribution is 0.594. The van der Waals surface area contributed by atoms with Crippen molar-refractivity contribution in [2.45, 2.75) is 53.9 Å². The highest BCUT2D eigenvalue weighted by molar-refractivity contribution is 5.79. The van der Waals surface area contributed by atoms with E-state index >= 15 is 0 Å². The smallest absolute Gasteiger partial charge is 0.0916 e. The molecule has 0 saturated heterocycles. The van der Waals surface area contributed by atoms with Crippen molar-refractivity contribution in [3.63, 3.8) is 0 Å². The fourth-order valence-electron chi connectivity index (χ4n) is 1.53. The fourth-order valence-corrected chi connectivity index (χ4v) is 1.53. The van der Waals surface area contributed by atoms with Crippen LogP contribution in [0.1, 0.15) is 54.0 Å². The normalized spacial score (nSPS) is 10.1. The summed E-state index contributed by atoms with van der Waals surface area (Å²) in [5.41, 5.74) is 3.65. The van der Waals surface area contributed by atoms with Crippen molar-refractivity contribution in [2.24, 2.45) is 0 Å². The molecule has 96 valence electrons. The molecule has 0 radical (unpaired) electrons. The van der Waals surface area contributed by atoms with E-state index in [2.05, 4.69) is 43.0 Å². The average molecular weight is 234 g/mol. The molecule has 2 aromatic heterocycles. The van der Waals surface area contributed by atoms with Gasteiger partial charge in [-0.25, -0.2) is 0 Å². The molecule has 0 bridgehead atoms. The van der Waals surface area contributed by atoms with Gasteiger partial charge in [-0.3, -0.25) is 4.98 Å². The average Bonchev–Trinajstić information content (AvgIpc) is 2.77. The zero-order chi connectivity index (χ0) is 13.5. The Bertz CT molecular complexity index is 422. The topological polar surface area (TPSA) is 28.7 Å². The molecule has 0 aliphatic carbocycles. The summed E-state index contributed by atoms with van der Waals surface area (Å²) < 4.78 is 0. The quantitative estimate of drug-likeness (QED) is 0.689. The third kappa shape index (κ3) is 3.88. The van der Waals surface area contributed by atoms with Crippen molar-refractivity contribution in [1.82, 2.24) is 9.97 Å². The summed E-state index contributed by atoms with van der Waals surface area (Å²) in [6, 6.07) is 4.00. The maximum atomic E-state index is 4.38. The van der Waals surface area contributed by atoms with Crippen LogP contribution in [0.5, 0.6) is 0 Å². The van der Waals surface area contributed by atoms with Crippen LogP contribution >= 0.6 is 0 Å². The largest absolute Gasteiger partial charge is 0.360 e. The highest BCUT2D eigenvalue weighted by atomic mass is 14.8. The summed E-state index contributed by atoms with van der Waals surface area (Å²) in [7, 11) is 0. The third-order valence-corrected chi connectivity index (χ3v) is 2.24. The molecule has 0 spiro atoms. The van der Waals surface area contributed by atoms with Gasteiger partial charge in [0.2, 0.25) is 0 Å². The number of hydrogen-bond donors (Lipinski definition) is 1. The molecule has 17 heavy (non-hydrogen) atoms. The van der Waals surface area contributed by atoms with Crippen LogP contribution in [0.15, 0.2) is 24.5 Å². The first-order chi connectivity index (χ1) is 8.09. The van der Waals surface area contributed by atoms with Crippen LogP contribution in [-0.2, 0) is 5.41 Å². The van der Waals surface area contributed by atoms with Crippen molar-refractivity contribution in [2.75, 3.05) is 0 Å². The Morgan fingerprint density at radius 1 is 1.06 bits per heavy atom. The molecule has 1 N–H and O–H groups in total. The van der Waals surface area contributed by atoms with E-state index in [-0.39, 0.29) is 5.41 Å². The van der Waals surface area contributed by atoms with Crippen molar-refractivity contribution in [3.8, 4) is 0 Å². The summed E-state index contributed by atoms with van der Waals surface area (Å²) in [6.45, 7) is 14.6. The minimum absolute atomic E-state index is 0.159. The highest BCUT2D eigenvalue weighted by Gasteiger charge is 2.18. The standard InChI is InChI=1S/C11H14N2.2C2H6/c1-11(2,3)8-7-13-9-5-4-6-12-10(8)9;2*1-2/h4-7,13H,1-3H3;2*1-2H3. The first-order valence-electron chi connectivity index (χ1n) is 6.51. The molecule has 2 rings (SSSR count). The Hall–Kier alpha value is -1.31.